The number of nitrogens with zero attached hydrogens (tertiary/aromatic N) is 1. The Morgan fingerprint density at radius 2 is 1.81 bits per heavy atom. The molecule has 6 nitrogen and oxygen atoms in total. The molecule has 0 radical (unpaired) electrons. The van der Waals surface area contributed by atoms with Gasteiger partial charge in [-0.3, -0.25) is 4.79 Å². The first-order valence-electron chi connectivity index (χ1n) is 8.89. The van der Waals surface area contributed by atoms with Crippen molar-refractivity contribution in [2.45, 2.75) is 37.8 Å². The molecule has 27 heavy (non-hydrogen) atoms. The van der Waals surface area contributed by atoms with E-state index in [4.69, 9.17) is 4.74 Å². The summed E-state index contributed by atoms with van der Waals surface area (Å²) in [4.78, 5) is 13.8. The van der Waals surface area contributed by atoms with Crippen LogP contribution < -0.4 is 9.46 Å². The number of benzene rings is 2. The lowest BCUT2D eigenvalue weighted by Gasteiger charge is -2.15. The van der Waals surface area contributed by atoms with E-state index in [1.54, 1.807) is 19.2 Å². The zero-order valence-electron chi connectivity index (χ0n) is 15.6. The third-order valence-electron chi connectivity index (χ3n) is 4.71. The first-order chi connectivity index (χ1) is 12.9. The largest absolute Gasteiger partial charge is 0.496 e. The molecule has 2 aromatic carbocycles. The molecule has 3 rings (SSSR count). The number of methoxy groups -OCH3 is 1. The van der Waals surface area contributed by atoms with Gasteiger partial charge < -0.3 is 9.64 Å². The molecule has 0 unspecified atom stereocenters. The van der Waals surface area contributed by atoms with Gasteiger partial charge in [-0.2, -0.15) is 0 Å². The molecule has 1 N–H and O–H groups in total. The van der Waals surface area contributed by atoms with Gasteiger partial charge in [-0.15, -0.1) is 0 Å². The van der Waals surface area contributed by atoms with E-state index in [9.17, 15) is 13.2 Å². The number of aryl methyl sites for hydroxylation is 1. The second kappa shape index (κ2) is 8.10. The van der Waals surface area contributed by atoms with E-state index in [1.807, 2.05) is 36.1 Å². The first-order valence-corrected chi connectivity index (χ1v) is 10.4. The molecule has 1 fully saturated rings. The lowest BCUT2D eigenvalue weighted by Crippen LogP contribution is -2.24. The van der Waals surface area contributed by atoms with Crippen molar-refractivity contribution < 1.29 is 17.9 Å². The third kappa shape index (κ3) is 4.67. The van der Waals surface area contributed by atoms with Crippen molar-refractivity contribution in [1.82, 2.24) is 9.62 Å². The fourth-order valence-corrected chi connectivity index (χ4v) is 4.24. The molecule has 1 aliphatic rings. The van der Waals surface area contributed by atoms with Crippen LogP contribution in [0.2, 0.25) is 0 Å². The van der Waals surface area contributed by atoms with Crippen LogP contribution in [0.5, 0.6) is 5.75 Å². The second-order valence-corrected chi connectivity index (χ2v) is 8.46. The maximum absolute atomic E-state index is 12.5. The minimum absolute atomic E-state index is 0.196. The molecule has 0 aliphatic carbocycles. The van der Waals surface area contributed by atoms with E-state index in [0.29, 0.717) is 18.7 Å². The van der Waals surface area contributed by atoms with Crippen LogP contribution in [-0.4, -0.2) is 32.9 Å². The predicted octanol–water partition coefficient (Wildman–Crippen LogP) is 2.60. The molecule has 1 aliphatic heterocycles. The first kappa shape index (κ1) is 19.4. The van der Waals surface area contributed by atoms with Gasteiger partial charge in [0.1, 0.15) is 5.75 Å². The SMILES string of the molecule is COc1ccc(S(=O)(=O)NCc2ccc(CN3CCCC3=O)cc2)cc1C. The summed E-state index contributed by atoms with van der Waals surface area (Å²) < 4.78 is 32.8. The number of likely N-dealkylation sites (tertiary alicyclic amines) is 1. The van der Waals surface area contributed by atoms with E-state index in [-0.39, 0.29) is 17.3 Å². The van der Waals surface area contributed by atoms with Crippen LogP contribution in [-0.2, 0) is 27.9 Å². The summed E-state index contributed by atoms with van der Waals surface area (Å²) in [5.74, 6) is 0.850. The van der Waals surface area contributed by atoms with Gasteiger partial charge in [0.15, 0.2) is 0 Å². The van der Waals surface area contributed by atoms with Crippen molar-refractivity contribution in [2.75, 3.05) is 13.7 Å². The van der Waals surface area contributed by atoms with Gasteiger partial charge in [0.25, 0.3) is 0 Å². The predicted molar refractivity (Wildman–Crippen MR) is 103 cm³/mol. The highest BCUT2D eigenvalue weighted by atomic mass is 32.2. The highest BCUT2D eigenvalue weighted by Crippen LogP contribution is 2.21. The van der Waals surface area contributed by atoms with Crippen LogP contribution in [0.25, 0.3) is 0 Å². The second-order valence-electron chi connectivity index (χ2n) is 6.69. The van der Waals surface area contributed by atoms with Crippen LogP contribution in [0, 0.1) is 6.92 Å². The molecule has 0 aromatic heterocycles. The average Bonchev–Trinajstić information content (AvgIpc) is 3.06. The van der Waals surface area contributed by atoms with Gasteiger partial charge in [0.2, 0.25) is 15.9 Å². The minimum atomic E-state index is -3.60. The van der Waals surface area contributed by atoms with Crippen molar-refractivity contribution in [2.24, 2.45) is 0 Å². The van der Waals surface area contributed by atoms with Gasteiger partial charge in [0, 0.05) is 26.1 Å². The molecule has 1 saturated heterocycles. The Balaban J connectivity index is 1.62. The van der Waals surface area contributed by atoms with E-state index >= 15 is 0 Å². The van der Waals surface area contributed by atoms with Crippen molar-refractivity contribution in [3.05, 3.63) is 59.2 Å². The molecular weight excluding hydrogens is 364 g/mol. The Bertz CT molecular complexity index is 923. The number of hydrogen-bond donors (Lipinski definition) is 1. The van der Waals surface area contributed by atoms with Crippen LogP contribution in [0.15, 0.2) is 47.4 Å². The average molecular weight is 388 g/mol. The van der Waals surface area contributed by atoms with E-state index in [2.05, 4.69) is 4.72 Å². The number of nitrogens with one attached hydrogen (secondary N) is 1. The number of rotatable bonds is 7. The monoisotopic (exact) mass is 388 g/mol. The summed E-state index contributed by atoms with van der Waals surface area (Å²) >= 11 is 0. The molecule has 0 spiro atoms. The summed E-state index contributed by atoms with van der Waals surface area (Å²) in [5.41, 5.74) is 2.67. The Morgan fingerprint density at radius 3 is 2.41 bits per heavy atom. The summed E-state index contributed by atoms with van der Waals surface area (Å²) in [7, 11) is -2.05. The molecule has 0 atom stereocenters. The molecule has 0 bridgehead atoms. The quantitative estimate of drug-likeness (QED) is 0.791. The third-order valence-corrected chi connectivity index (χ3v) is 6.11. The van der Waals surface area contributed by atoms with Crippen LogP contribution >= 0.6 is 0 Å². The molecule has 1 heterocycles. The maximum atomic E-state index is 12.5. The van der Waals surface area contributed by atoms with Crippen molar-refractivity contribution in [1.29, 1.82) is 0 Å². The zero-order valence-corrected chi connectivity index (χ0v) is 16.4. The van der Waals surface area contributed by atoms with E-state index in [0.717, 1.165) is 29.7 Å². The summed E-state index contributed by atoms with van der Waals surface area (Å²) in [6, 6.07) is 12.4. The number of ether oxygens (including phenoxy) is 1. The fourth-order valence-electron chi connectivity index (χ4n) is 3.13. The Kier molecular flexibility index (Phi) is 5.82. The number of carbonyl (C=O) groups excluding carboxylic acids is 1. The number of carbonyl (C=O) groups is 1. The number of hydrogen-bond acceptors (Lipinski definition) is 4. The van der Waals surface area contributed by atoms with Gasteiger partial charge in [0.05, 0.1) is 12.0 Å². The van der Waals surface area contributed by atoms with Gasteiger partial charge in [-0.1, -0.05) is 24.3 Å². The number of amides is 1. The van der Waals surface area contributed by atoms with Crippen molar-refractivity contribution in [3.63, 3.8) is 0 Å². The summed E-state index contributed by atoms with van der Waals surface area (Å²) in [6.07, 6.45) is 1.55. The lowest BCUT2D eigenvalue weighted by molar-refractivity contribution is -0.128. The highest BCUT2D eigenvalue weighted by molar-refractivity contribution is 7.89. The normalized spacial score (nSPS) is 14.6. The molecule has 2 aromatic rings. The van der Waals surface area contributed by atoms with E-state index in [1.165, 1.54) is 6.07 Å². The van der Waals surface area contributed by atoms with Gasteiger partial charge in [-0.05, 0) is 48.2 Å². The topological polar surface area (TPSA) is 75.7 Å². The Labute approximate surface area is 160 Å². The van der Waals surface area contributed by atoms with E-state index < -0.39 is 10.0 Å². The van der Waals surface area contributed by atoms with Crippen LogP contribution in [0.3, 0.4) is 0 Å². The Hall–Kier alpha value is -2.38. The van der Waals surface area contributed by atoms with Crippen LogP contribution in [0.4, 0.5) is 0 Å². The van der Waals surface area contributed by atoms with Crippen molar-refractivity contribution >= 4 is 15.9 Å². The van der Waals surface area contributed by atoms with Crippen molar-refractivity contribution in [3.8, 4) is 5.75 Å². The fraction of sp³-hybridized carbons (Fsp3) is 0.350. The standard InChI is InChI=1S/C20H24N2O4S/c1-15-12-18(9-10-19(15)26-2)27(24,25)21-13-16-5-7-17(8-6-16)14-22-11-3-4-20(22)23/h5-10,12,21H,3-4,11,13-14H2,1-2H3. The molecular formula is C20H24N2O4S. The molecule has 1 amide bonds. The molecule has 144 valence electrons. The lowest BCUT2D eigenvalue weighted by atomic mass is 10.1. The van der Waals surface area contributed by atoms with Gasteiger partial charge in [-0.25, -0.2) is 13.1 Å². The highest BCUT2D eigenvalue weighted by Gasteiger charge is 2.20. The maximum Gasteiger partial charge on any atom is 0.240 e. The minimum Gasteiger partial charge on any atom is -0.496 e. The Morgan fingerprint density at radius 1 is 1.11 bits per heavy atom. The summed E-state index contributed by atoms with van der Waals surface area (Å²) in [5, 5.41) is 0. The molecule has 7 heteroatoms. The number of sulfonamides is 1. The summed E-state index contributed by atoms with van der Waals surface area (Å²) in [6.45, 7) is 3.43. The zero-order chi connectivity index (χ0) is 19.4. The smallest absolute Gasteiger partial charge is 0.240 e. The molecule has 0 saturated carbocycles. The van der Waals surface area contributed by atoms with Crippen LogP contribution in [0.1, 0.15) is 29.5 Å². The van der Waals surface area contributed by atoms with Gasteiger partial charge >= 0.3 is 0 Å².